The predicted molar refractivity (Wildman–Crippen MR) is 129 cm³/mol. The van der Waals surface area contributed by atoms with Gasteiger partial charge in [0.05, 0.1) is 17.1 Å². The first-order valence-corrected chi connectivity index (χ1v) is 13.1. The molecule has 8 nitrogen and oxygen atoms in total. The zero-order chi connectivity index (χ0) is 23.4. The van der Waals surface area contributed by atoms with Crippen LogP contribution in [0.1, 0.15) is 44.0 Å². The molecule has 1 fully saturated rings. The highest BCUT2D eigenvalue weighted by atomic mass is 32.2. The third-order valence-electron chi connectivity index (χ3n) is 6.34. The Bertz CT molecular complexity index is 1180. The number of nitrogens with zero attached hydrogens (tertiary/aromatic N) is 5. The molecular formula is C24H32N6O2S. The highest BCUT2D eigenvalue weighted by molar-refractivity contribution is 7.89. The van der Waals surface area contributed by atoms with Gasteiger partial charge in [0.15, 0.2) is 5.82 Å². The van der Waals surface area contributed by atoms with E-state index in [1.807, 2.05) is 36.4 Å². The summed E-state index contributed by atoms with van der Waals surface area (Å²) >= 11 is 0. The fourth-order valence-corrected chi connectivity index (χ4v) is 6.06. The summed E-state index contributed by atoms with van der Waals surface area (Å²) in [6, 6.07) is 14.0. The van der Waals surface area contributed by atoms with Gasteiger partial charge in [-0.25, -0.2) is 17.8 Å². The maximum absolute atomic E-state index is 13.1. The van der Waals surface area contributed by atoms with Crippen molar-refractivity contribution in [1.82, 2.24) is 29.6 Å². The summed E-state index contributed by atoms with van der Waals surface area (Å²) in [7, 11) is -3.69. The van der Waals surface area contributed by atoms with Crippen LogP contribution < -0.4 is 4.72 Å². The van der Waals surface area contributed by atoms with Gasteiger partial charge in [-0.3, -0.25) is 4.90 Å². The standard InChI is InChI=1S/C24H32N6O2S/c1-4-21-12-8-9-16-29(21)17-15-25-33(31,32)24-18(2)28-30(19(24)3)23-14-13-22(26-27-23)20-10-6-5-7-11-20/h5-7,10-11,13-14,21,25H,4,8-9,12,15-17H2,1-3H3/t21-/m0/s1. The van der Waals surface area contributed by atoms with Crippen LogP contribution in [0.2, 0.25) is 0 Å². The first kappa shape index (κ1) is 23.5. The van der Waals surface area contributed by atoms with Gasteiger partial charge in [0.1, 0.15) is 4.90 Å². The van der Waals surface area contributed by atoms with E-state index in [1.165, 1.54) is 19.3 Å². The molecule has 1 N–H and O–H groups in total. The van der Waals surface area contributed by atoms with Crippen LogP contribution in [0.5, 0.6) is 0 Å². The quantitative estimate of drug-likeness (QED) is 0.544. The van der Waals surface area contributed by atoms with Gasteiger partial charge in [-0.2, -0.15) is 5.10 Å². The summed E-state index contributed by atoms with van der Waals surface area (Å²) in [5.74, 6) is 0.482. The molecule has 0 saturated carbocycles. The number of aryl methyl sites for hydroxylation is 1. The number of piperidine rings is 1. The average molecular weight is 469 g/mol. The number of likely N-dealkylation sites (tertiary alicyclic amines) is 1. The molecule has 0 spiro atoms. The van der Waals surface area contributed by atoms with Gasteiger partial charge >= 0.3 is 0 Å². The molecule has 4 rings (SSSR count). The summed E-state index contributed by atoms with van der Waals surface area (Å²) < 4.78 is 30.6. The van der Waals surface area contributed by atoms with E-state index in [9.17, 15) is 8.42 Å². The largest absolute Gasteiger partial charge is 0.299 e. The number of rotatable bonds is 8. The summed E-state index contributed by atoms with van der Waals surface area (Å²) in [6.45, 7) is 7.79. The Morgan fingerprint density at radius 3 is 2.55 bits per heavy atom. The smallest absolute Gasteiger partial charge is 0.244 e. The minimum atomic E-state index is -3.69. The van der Waals surface area contributed by atoms with E-state index in [2.05, 4.69) is 31.8 Å². The second-order valence-corrected chi connectivity index (χ2v) is 10.2. The Kier molecular flexibility index (Phi) is 7.21. The molecule has 0 bridgehead atoms. The number of nitrogens with one attached hydrogen (secondary N) is 1. The summed E-state index contributed by atoms with van der Waals surface area (Å²) in [5, 5.41) is 13.1. The fourth-order valence-electron chi connectivity index (χ4n) is 4.65. The lowest BCUT2D eigenvalue weighted by atomic mass is 10.0. The molecule has 1 aromatic carbocycles. The molecule has 9 heteroatoms. The van der Waals surface area contributed by atoms with Gasteiger partial charge < -0.3 is 0 Å². The Morgan fingerprint density at radius 1 is 1.06 bits per heavy atom. The van der Waals surface area contributed by atoms with Crippen molar-refractivity contribution in [3.63, 3.8) is 0 Å². The van der Waals surface area contributed by atoms with Crippen molar-refractivity contribution in [1.29, 1.82) is 0 Å². The molecule has 1 atom stereocenters. The maximum atomic E-state index is 13.1. The van der Waals surface area contributed by atoms with Gasteiger partial charge in [0, 0.05) is 24.7 Å². The van der Waals surface area contributed by atoms with Gasteiger partial charge in [0.25, 0.3) is 0 Å². The summed E-state index contributed by atoms with van der Waals surface area (Å²) in [5.41, 5.74) is 2.68. The van der Waals surface area contributed by atoms with Crippen LogP contribution >= 0.6 is 0 Å². The number of hydrogen-bond donors (Lipinski definition) is 1. The zero-order valence-corrected chi connectivity index (χ0v) is 20.3. The summed E-state index contributed by atoms with van der Waals surface area (Å²) in [4.78, 5) is 2.61. The van der Waals surface area contributed by atoms with Crippen LogP contribution in [0.25, 0.3) is 17.1 Å². The molecular weight excluding hydrogens is 436 g/mol. The molecule has 2 aromatic heterocycles. The Morgan fingerprint density at radius 2 is 1.85 bits per heavy atom. The van der Waals surface area contributed by atoms with E-state index in [-0.39, 0.29) is 4.90 Å². The molecule has 0 unspecified atom stereocenters. The lowest BCUT2D eigenvalue weighted by Gasteiger charge is -2.35. The number of benzene rings is 1. The van der Waals surface area contributed by atoms with Crippen molar-refractivity contribution in [2.24, 2.45) is 0 Å². The van der Waals surface area contributed by atoms with E-state index < -0.39 is 10.0 Å². The van der Waals surface area contributed by atoms with E-state index in [0.29, 0.717) is 29.8 Å². The van der Waals surface area contributed by atoms with E-state index in [1.54, 1.807) is 24.6 Å². The molecule has 0 amide bonds. The second-order valence-electron chi connectivity index (χ2n) is 8.55. The molecule has 0 aliphatic carbocycles. The van der Waals surface area contributed by atoms with Crippen molar-refractivity contribution >= 4 is 10.0 Å². The molecule has 1 aliphatic rings. The summed E-state index contributed by atoms with van der Waals surface area (Å²) in [6.07, 6.45) is 4.73. The van der Waals surface area contributed by atoms with E-state index >= 15 is 0 Å². The third kappa shape index (κ3) is 5.15. The van der Waals surface area contributed by atoms with Crippen LogP contribution in [-0.4, -0.2) is 59.0 Å². The molecule has 1 aliphatic heterocycles. The minimum absolute atomic E-state index is 0.210. The van der Waals surface area contributed by atoms with Crippen LogP contribution in [0, 0.1) is 13.8 Å². The normalized spacial score (nSPS) is 17.4. The Labute approximate surface area is 196 Å². The van der Waals surface area contributed by atoms with Crippen LogP contribution in [0.15, 0.2) is 47.4 Å². The number of aromatic nitrogens is 4. The molecule has 1 saturated heterocycles. The second kappa shape index (κ2) is 10.1. The lowest BCUT2D eigenvalue weighted by Crippen LogP contribution is -2.43. The Balaban J connectivity index is 1.49. The molecule has 33 heavy (non-hydrogen) atoms. The fraction of sp³-hybridized carbons (Fsp3) is 0.458. The number of hydrogen-bond acceptors (Lipinski definition) is 6. The van der Waals surface area contributed by atoms with Crippen molar-refractivity contribution in [2.75, 3.05) is 19.6 Å². The van der Waals surface area contributed by atoms with Gasteiger partial charge in [-0.15, -0.1) is 10.2 Å². The molecule has 3 heterocycles. The SMILES string of the molecule is CC[C@H]1CCCCN1CCNS(=O)(=O)c1c(C)nn(-c2ccc(-c3ccccc3)nn2)c1C. The minimum Gasteiger partial charge on any atom is -0.299 e. The van der Waals surface area contributed by atoms with Gasteiger partial charge in [0.2, 0.25) is 10.0 Å². The zero-order valence-electron chi connectivity index (χ0n) is 19.5. The average Bonchev–Trinajstić information content (AvgIpc) is 3.14. The highest BCUT2D eigenvalue weighted by Gasteiger charge is 2.26. The number of sulfonamides is 1. The molecule has 0 radical (unpaired) electrons. The van der Waals surface area contributed by atoms with Gasteiger partial charge in [-0.1, -0.05) is 43.7 Å². The lowest BCUT2D eigenvalue weighted by molar-refractivity contribution is 0.147. The Hall–Kier alpha value is -2.62. The molecule has 176 valence electrons. The van der Waals surface area contributed by atoms with Crippen LogP contribution in [-0.2, 0) is 10.0 Å². The van der Waals surface area contributed by atoms with Crippen molar-refractivity contribution in [3.8, 4) is 17.1 Å². The van der Waals surface area contributed by atoms with Crippen molar-refractivity contribution in [2.45, 2.75) is 57.4 Å². The van der Waals surface area contributed by atoms with Crippen molar-refractivity contribution < 1.29 is 8.42 Å². The topological polar surface area (TPSA) is 93.0 Å². The monoisotopic (exact) mass is 468 g/mol. The first-order valence-electron chi connectivity index (χ1n) is 11.6. The van der Waals surface area contributed by atoms with E-state index in [4.69, 9.17) is 0 Å². The van der Waals surface area contributed by atoms with Crippen molar-refractivity contribution in [3.05, 3.63) is 53.9 Å². The first-order chi connectivity index (χ1) is 15.9. The highest BCUT2D eigenvalue weighted by Crippen LogP contribution is 2.23. The third-order valence-corrected chi connectivity index (χ3v) is 8.05. The van der Waals surface area contributed by atoms with Crippen LogP contribution in [0.4, 0.5) is 0 Å². The van der Waals surface area contributed by atoms with E-state index in [0.717, 1.165) is 30.8 Å². The van der Waals surface area contributed by atoms with Crippen LogP contribution in [0.3, 0.4) is 0 Å². The van der Waals surface area contributed by atoms with Gasteiger partial charge in [-0.05, 0) is 51.8 Å². The molecule has 3 aromatic rings. The predicted octanol–water partition coefficient (Wildman–Crippen LogP) is 3.49. The maximum Gasteiger partial charge on any atom is 0.244 e.